The molecule has 0 bridgehead atoms. The van der Waals surface area contributed by atoms with E-state index in [-0.39, 0.29) is 11.7 Å². The van der Waals surface area contributed by atoms with Gasteiger partial charge in [0.25, 0.3) is 0 Å². The van der Waals surface area contributed by atoms with Crippen molar-refractivity contribution in [2.24, 2.45) is 0 Å². The first-order valence-corrected chi connectivity index (χ1v) is 4.65. The van der Waals surface area contributed by atoms with E-state index in [0.717, 1.165) is 19.4 Å². The van der Waals surface area contributed by atoms with Gasteiger partial charge in [0.1, 0.15) is 5.78 Å². The second kappa shape index (κ2) is 4.80. The summed E-state index contributed by atoms with van der Waals surface area (Å²) >= 11 is 0. The Bertz CT molecular complexity index is 233. The molecule has 0 aromatic rings. The van der Waals surface area contributed by atoms with E-state index in [9.17, 15) is 9.59 Å². The zero-order chi connectivity index (χ0) is 9.68. The molecule has 3 heteroatoms. The van der Waals surface area contributed by atoms with Crippen molar-refractivity contribution in [1.29, 1.82) is 0 Å². The highest BCUT2D eigenvalue weighted by molar-refractivity contribution is 5.79. The maximum absolute atomic E-state index is 11.1. The van der Waals surface area contributed by atoms with Crippen molar-refractivity contribution in [2.45, 2.75) is 32.6 Å². The minimum absolute atomic E-state index is 0.192. The Kier molecular flexibility index (Phi) is 3.68. The van der Waals surface area contributed by atoms with E-state index in [0.29, 0.717) is 12.8 Å². The fourth-order valence-electron chi connectivity index (χ4n) is 1.31. The first kappa shape index (κ1) is 9.96. The quantitative estimate of drug-likeness (QED) is 0.659. The van der Waals surface area contributed by atoms with Crippen molar-refractivity contribution in [3.8, 4) is 0 Å². The van der Waals surface area contributed by atoms with Crippen LogP contribution in [0.5, 0.6) is 0 Å². The van der Waals surface area contributed by atoms with Crippen LogP contribution in [0.2, 0.25) is 0 Å². The summed E-state index contributed by atoms with van der Waals surface area (Å²) in [5, 5.41) is 0. The third kappa shape index (κ3) is 3.40. The van der Waals surface area contributed by atoms with Crippen LogP contribution in [0.1, 0.15) is 32.6 Å². The lowest BCUT2D eigenvalue weighted by Crippen LogP contribution is -2.17. The molecule has 0 aliphatic carbocycles. The fraction of sp³-hybridized carbons (Fsp3) is 0.600. The van der Waals surface area contributed by atoms with Crippen LogP contribution in [0.25, 0.3) is 0 Å². The molecule has 1 fully saturated rings. The topological polar surface area (TPSA) is 37.4 Å². The highest BCUT2D eigenvalue weighted by Gasteiger charge is 2.16. The molecule has 72 valence electrons. The average molecular weight is 181 g/mol. The van der Waals surface area contributed by atoms with Gasteiger partial charge >= 0.3 is 0 Å². The summed E-state index contributed by atoms with van der Waals surface area (Å²) in [6, 6.07) is 0. The average Bonchev–Trinajstić information content (AvgIpc) is 2.45. The zero-order valence-electron chi connectivity index (χ0n) is 7.95. The molecule has 0 radical (unpaired) electrons. The van der Waals surface area contributed by atoms with Crippen molar-refractivity contribution in [2.75, 3.05) is 6.54 Å². The Morgan fingerprint density at radius 2 is 2.38 bits per heavy atom. The Morgan fingerprint density at radius 1 is 1.62 bits per heavy atom. The lowest BCUT2D eigenvalue weighted by molar-refractivity contribution is -0.125. The Balaban J connectivity index is 2.23. The molecule has 1 aliphatic heterocycles. The van der Waals surface area contributed by atoms with Gasteiger partial charge in [0.15, 0.2) is 0 Å². The summed E-state index contributed by atoms with van der Waals surface area (Å²) in [6.07, 6.45) is 6.62. The molecule has 0 aromatic carbocycles. The van der Waals surface area contributed by atoms with Crippen LogP contribution in [-0.4, -0.2) is 23.1 Å². The Labute approximate surface area is 78.4 Å². The summed E-state index contributed by atoms with van der Waals surface area (Å²) in [4.78, 5) is 23.4. The number of hydrogen-bond donors (Lipinski definition) is 0. The predicted molar refractivity (Wildman–Crippen MR) is 50.0 cm³/mol. The molecule has 0 atom stereocenters. The number of amides is 1. The van der Waals surface area contributed by atoms with Gasteiger partial charge in [-0.05, 0) is 19.8 Å². The number of nitrogens with zero attached hydrogens (tertiary/aromatic N) is 1. The van der Waals surface area contributed by atoms with Gasteiger partial charge in [0.2, 0.25) is 5.91 Å². The van der Waals surface area contributed by atoms with Crippen LogP contribution in [0, 0.1) is 0 Å². The van der Waals surface area contributed by atoms with E-state index in [1.165, 1.54) is 0 Å². The van der Waals surface area contributed by atoms with Gasteiger partial charge in [0.05, 0.1) is 0 Å². The number of allylic oxidation sites excluding steroid dienone is 1. The number of ketones is 1. The Morgan fingerprint density at radius 3 is 2.92 bits per heavy atom. The predicted octanol–water partition coefficient (Wildman–Crippen LogP) is 1.49. The lowest BCUT2D eigenvalue weighted by Gasteiger charge is -2.07. The molecule has 1 rings (SSSR count). The number of hydrogen-bond acceptors (Lipinski definition) is 2. The largest absolute Gasteiger partial charge is 0.319 e. The van der Waals surface area contributed by atoms with Gasteiger partial charge in [-0.2, -0.15) is 0 Å². The minimum Gasteiger partial charge on any atom is -0.319 e. The molecule has 0 spiro atoms. The molecule has 1 saturated heterocycles. The molecule has 1 heterocycles. The van der Waals surface area contributed by atoms with E-state index < -0.39 is 0 Å². The second-order valence-corrected chi connectivity index (χ2v) is 3.32. The number of rotatable bonds is 4. The summed E-state index contributed by atoms with van der Waals surface area (Å²) in [7, 11) is 0. The van der Waals surface area contributed by atoms with Gasteiger partial charge in [-0.15, -0.1) is 0 Å². The summed E-state index contributed by atoms with van der Waals surface area (Å²) in [5.41, 5.74) is 0. The molecule has 0 unspecified atom stereocenters. The van der Waals surface area contributed by atoms with Gasteiger partial charge in [-0.1, -0.05) is 6.08 Å². The van der Waals surface area contributed by atoms with Crippen LogP contribution in [0.3, 0.4) is 0 Å². The maximum atomic E-state index is 11.1. The normalized spacial score (nSPS) is 17.3. The monoisotopic (exact) mass is 181 g/mol. The third-order valence-electron chi connectivity index (χ3n) is 2.06. The second-order valence-electron chi connectivity index (χ2n) is 3.32. The zero-order valence-corrected chi connectivity index (χ0v) is 7.95. The number of likely N-dealkylation sites (tertiary alicyclic amines) is 1. The first-order chi connectivity index (χ1) is 6.20. The van der Waals surface area contributed by atoms with Crippen LogP contribution < -0.4 is 0 Å². The van der Waals surface area contributed by atoms with E-state index in [1.54, 1.807) is 18.0 Å². The maximum Gasteiger partial charge on any atom is 0.226 e. The van der Waals surface area contributed by atoms with Gasteiger partial charge in [-0.25, -0.2) is 0 Å². The lowest BCUT2D eigenvalue weighted by atomic mass is 10.2. The molecular formula is C10H15NO2. The van der Waals surface area contributed by atoms with Crippen molar-refractivity contribution in [3.05, 3.63) is 12.3 Å². The van der Waals surface area contributed by atoms with E-state index >= 15 is 0 Å². The van der Waals surface area contributed by atoms with Crippen LogP contribution in [-0.2, 0) is 9.59 Å². The minimum atomic E-state index is 0.192. The van der Waals surface area contributed by atoms with E-state index in [2.05, 4.69) is 0 Å². The van der Waals surface area contributed by atoms with Crippen molar-refractivity contribution < 1.29 is 9.59 Å². The van der Waals surface area contributed by atoms with Crippen molar-refractivity contribution in [3.63, 3.8) is 0 Å². The van der Waals surface area contributed by atoms with E-state index in [4.69, 9.17) is 0 Å². The van der Waals surface area contributed by atoms with Gasteiger partial charge < -0.3 is 9.69 Å². The Hall–Kier alpha value is -1.12. The number of Topliss-reactive ketones (excluding diaryl/α,β-unsaturated/α-hetero) is 1. The first-order valence-electron chi connectivity index (χ1n) is 4.65. The van der Waals surface area contributed by atoms with Crippen molar-refractivity contribution >= 4 is 11.7 Å². The van der Waals surface area contributed by atoms with Crippen molar-refractivity contribution in [1.82, 2.24) is 4.90 Å². The molecule has 0 saturated carbocycles. The summed E-state index contributed by atoms with van der Waals surface area (Å²) in [5.74, 6) is 0.386. The van der Waals surface area contributed by atoms with Crippen LogP contribution >= 0.6 is 0 Å². The molecule has 0 N–H and O–H groups in total. The van der Waals surface area contributed by atoms with Crippen LogP contribution in [0.4, 0.5) is 0 Å². The number of carbonyl (C=O) groups is 2. The number of carbonyl (C=O) groups excluding carboxylic acids is 2. The SMILES string of the molecule is CC(=O)CC/C=C/N1CCCC1=O. The molecule has 1 aliphatic rings. The summed E-state index contributed by atoms with van der Waals surface area (Å²) in [6.45, 7) is 2.41. The smallest absolute Gasteiger partial charge is 0.226 e. The van der Waals surface area contributed by atoms with E-state index in [1.807, 2.05) is 6.08 Å². The van der Waals surface area contributed by atoms with Gasteiger partial charge in [-0.3, -0.25) is 4.79 Å². The highest BCUT2D eigenvalue weighted by atomic mass is 16.2. The van der Waals surface area contributed by atoms with Crippen LogP contribution in [0.15, 0.2) is 12.3 Å². The standard InChI is InChI=1S/C10H15NO2/c1-9(12)5-2-3-7-11-8-4-6-10(11)13/h3,7H,2,4-6,8H2,1H3/b7-3+. The van der Waals surface area contributed by atoms with Gasteiger partial charge in [0, 0.05) is 25.6 Å². The fourth-order valence-corrected chi connectivity index (χ4v) is 1.31. The third-order valence-corrected chi connectivity index (χ3v) is 2.06. The molecule has 0 aromatic heterocycles. The summed E-state index contributed by atoms with van der Waals surface area (Å²) < 4.78 is 0. The molecule has 3 nitrogen and oxygen atoms in total. The molecule has 1 amide bonds. The molecule has 13 heavy (non-hydrogen) atoms. The highest BCUT2D eigenvalue weighted by Crippen LogP contribution is 2.09. The molecular weight excluding hydrogens is 166 g/mol.